The Morgan fingerprint density at radius 1 is 1.19 bits per heavy atom. The Bertz CT molecular complexity index is 165. The molecule has 6 nitrogen and oxygen atoms in total. The molecule has 0 aliphatic carbocycles. The summed E-state index contributed by atoms with van der Waals surface area (Å²) in [6.07, 6.45) is 1.62. The van der Waals surface area contributed by atoms with Gasteiger partial charge < -0.3 is 25.2 Å². The van der Waals surface area contributed by atoms with Crippen LogP contribution in [0.15, 0.2) is 11.8 Å². The molecular weight excluding hydrogens is 216 g/mol. The molecule has 0 fully saturated rings. The van der Waals surface area contributed by atoms with Crippen LogP contribution in [-0.2, 0) is 9.53 Å². The molecule has 0 atom stereocenters. The van der Waals surface area contributed by atoms with Gasteiger partial charge in [-0.05, 0) is 26.3 Å². The maximum absolute atomic E-state index is 10.2. The average Bonchev–Trinajstić information content (AvgIpc) is 2.21. The number of aliphatic hydroxyl groups is 3. The molecule has 0 radical (unpaired) electrons. The van der Waals surface area contributed by atoms with E-state index in [1.54, 1.807) is 13.8 Å². The van der Waals surface area contributed by atoms with Crippen molar-refractivity contribution in [1.82, 2.24) is 0 Å². The van der Waals surface area contributed by atoms with Gasteiger partial charge in [0, 0.05) is 19.8 Å². The zero-order valence-corrected chi connectivity index (χ0v) is 10.0. The topological polar surface area (TPSA) is 107 Å². The van der Waals surface area contributed by atoms with Gasteiger partial charge in [0.15, 0.2) is 5.76 Å². The molecule has 98 valence electrons. The van der Waals surface area contributed by atoms with Crippen molar-refractivity contribution in [3.05, 3.63) is 11.8 Å². The fourth-order valence-corrected chi connectivity index (χ4v) is 0.454. The van der Waals surface area contributed by atoms with Gasteiger partial charge in [-0.2, -0.15) is 0 Å². The second-order valence-corrected chi connectivity index (χ2v) is 2.22. The van der Waals surface area contributed by atoms with Crippen LogP contribution in [0, 0.1) is 0 Å². The first-order valence-corrected chi connectivity index (χ1v) is 4.85. The Labute approximate surface area is 95.8 Å². The Morgan fingerprint density at radius 3 is 1.75 bits per heavy atom. The lowest BCUT2D eigenvalue weighted by Crippen LogP contribution is -2.02. The molecule has 4 N–H and O–H groups in total. The Hall–Kier alpha value is -1.11. The molecule has 0 spiro atoms. The number of carbonyl (C=O) groups is 1. The SMILES string of the molecule is CCO.CCO.COC(=CCCO)C(=O)O. The largest absolute Gasteiger partial charge is 0.490 e. The van der Waals surface area contributed by atoms with Crippen molar-refractivity contribution in [2.24, 2.45) is 0 Å². The molecule has 0 aromatic carbocycles. The summed E-state index contributed by atoms with van der Waals surface area (Å²) in [7, 11) is 1.28. The first-order chi connectivity index (χ1) is 7.55. The summed E-state index contributed by atoms with van der Waals surface area (Å²) in [5.74, 6) is -1.25. The summed E-state index contributed by atoms with van der Waals surface area (Å²) in [4.78, 5) is 10.2. The van der Waals surface area contributed by atoms with Crippen LogP contribution >= 0.6 is 0 Å². The quantitative estimate of drug-likeness (QED) is 0.405. The Morgan fingerprint density at radius 2 is 1.56 bits per heavy atom. The summed E-state index contributed by atoms with van der Waals surface area (Å²) in [5.41, 5.74) is 0. The van der Waals surface area contributed by atoms with Crippen LogP contribution < -0.4 is 0 Å². The van der Waals surface area contributed by atoms with Crippen LogP contribution in [0.25, 0.3) is 0 Å². The van der Waals surface area contributed by atoms with E-state index in [0.29, 0.717) is 6.42 Å². The molecule has 0 saturated heterocycles. The number of aliphatic hydroxyl groups excluding tert-OH is 3. The van der Waals surface area contributed by atoms with Gasteiger partial charge in [-0.1, -0.05) is 0 Å². The second-order valence-electron chi connectivity index (χ2n) is 2.22. The minimum Gasteiger partial charge on any atom is -0.490 e. The van der Waals surface area contributed by atoms with Gasteiger partial charge in [-0.15, -0.1) is 0 Å². The van der Waals surface area contributed by atoms with E-state index in [4.69, 9.17) is 20.4 Å². The van der Waals surface area contributed by atoms with Crippen LogP contribution in [0.1, 0.15) is 20.3 Å². The van der Waals surface area contributed by atoms with Gasteiger partial charge >= 0.3 is 5.97 Å². The van der Waals surface area contributed by atoms with Crippen molar-refractivity contribution in [2.45, 2.75) is 20.3 Å². The van der Waals surface area contributed by atoms with Gasteiger partial charge in [-0.3, -0.25) is 0 Å². The molecule has 0 amide bonds. The fraction of sp³-hybridized carbons (Fsp3) is 0.700. The third-order valence-electron chi connectivity index (χ3n) is 0.890. The molecule has 16 heavy (non-hydrogen) atoms. The first kappa shape index (κ1) is 20.3. The molecule has 0 rings (SSSR count). The van der Waals surface area contributed by atoms with E-state index >= 15 is 0 Å². The van der Waals surface area contributed by atoms with Crippen molar-refractivity contribution in [2.75, 3.05) is 26.9 Å². The maximum atomic E-state index is 10.2. The lowest BCUT2D eigenvalue weighted by molar-refractivity contribution is -0.136. The van der Waals surface area contributed by atoms with Gasteiger partial charge in [0.05, 0.1) is 7.11 Å². The van der Waals surface area contributed by atoms with Crippen molar-refractivity contribution in [1.29, 1.82) is 0 Å². The van der Waals surface area contributed by atoms with Gasteiger partial charge in [0.1, 0.15) is 0 Å². The minimum absolute atomic E-state index is 0.0693. The first-order valence-electron chi connectivity index (χ1n) is 4.85. The predicted molar refractivity (Wildman–Crippen MR) is 60.0 cm³/mol. The number of rotatable bonds is 4. The summed E-state index contributed by atoms with van der Waals surface area (Å²) in [6.45, 7) is 3.79. The van der Waals surface area contributed by atoms with Crippen LogP contribution in [0.2, 0.25) is 0 Å². The molecule has 0 unspecified atom stereocenters. The number of hydrogen-bond acceptors (Lipinski definition) is 5. The summed E-state index contributed by atoms with van der Waals surface area (Å²) >= 11 is 0. The van der Waals surface area contributed by atoms with E-state index in [1.807, 2.05) is 0 Å². The Balaban J connectivity index is -0.000000235. The van der Waals surface area contributed by atoms with Crippen LogP contribution in [0.4, 0.5) is 0 Å². The van der Waals surface area contributed by atoms with E-state index < -0.39 is 5.97 Å². The number of carboxylic acid groups (broad SMARTS) is 1. The Kier molecular flexibility index (Phi) is 24.7. The third kappa shape index (κ3) is 23.1. The smallest absolute Gasteiger partial charge is 0.370 e. The highest BCUT2D eigenvalue weighted by Crippen LogP contribution is 1.96. The highest BCUT2D eigenvalue weighted by Gasteiger charge is 2.03. The van der Waals surface area contributed by atoms with Crippen molar-refractivity contribution in [3.63, 3.8) is 0 Å². The zero-order chi connectivity index (χ0) is 13.4. The molecule has 0 heterocycles. The van der Waals surface area contributed by atoms with Crippen molar-refractivity contribution < 1.29 is 30.0 Å². The molecule has 6 heteroatoms. The van der Waals surface area contributed by atoms with E-state index in [-0.39, 0.29) is 25.6 Å². The summed E-state index contributed by atoms with van der Waals surface area (Å²) in [5, 5.41) is 31.8. The van der Waals surface area contributed by atoms with Gasteiger partial charge in [-0.25, -0.2) is 4.79 Å². The normalized spacial score (nSPS) is 9.25. The number of hydrogen-bond donors (Lipinski definition) is 4. The van der Waals surface area contributed by atoms with Crippen LogP contribution in [-0.4, -0.2) is 53.3 Å². The van der Waals surface area contributed by atoms with Gasteiger partial charge in [0.25, 0.3) is 0 Å². The third-order valence-corrected chi connectivity index (χ3v) is 0.890. The lowest BCUT2D eigenvalue weighted by atomic mass is 10.3. The minimum atomic E-state index is -1.11. The fourth-order valence-electron chi connectivity index (χ4n) is 0.454. The highest BCUT2D eigenvalue weighted by atomic mass is 16.5. The number of aliphatic carboxylic acids is 1. The maximum Gasteiger partial charge on any atom is 0.370 e. The molecular formula is C10H22O6. The van der Waals surface area contributed by atoms with Gasteiger partial charge in [0.2, 0.25) is 0 Å². The molecule has 0 bridgehead atoms. The van der Waals surface area contributed by atoms with E-state index in [9.17, 15) is 4.79 Å². The highest BCUT2D eigenvalue weighted by molar-refractivity contribution is 5.84. The van der Waals surface area contributed by atoms with Crippen LogP contribution in [0.5, 0.6) is 0 Å². The zero-order valence-electron chi connectivity index (χ0n) is 10.0. The molecule has 0 aromatic rings. The molecule has 0 aromatic heterocycles. The molecule has 0 aliphatic heterocycles. The monoisotopic (exact) mass is 238 g/mol. The molecule has 0 aliphatic rings. The standard InChI is InChI=1S/C6H10O4.2C2H6O/c1-10-5(6(8)9)3-2-4-7;2*1-2-3/h3,7H,2,4H2,1H3,(H,8,9);2*3H,2H2,1H3. The lowest BCUT2D eigenvalue weighted by Gasteiger charge is -1.97. The van der Waals surface area contributed by atoms with Crippen LogP contribution in [0.3, 0.4) is 0 Å². The van der Waals surface area contributed by atoms with E-state index in [2.05, 4.69) is 4.74 Å². The van der Waals surface area contributed by atoms with E-state index in [1.165, 1.54) is 13.2 Å². The summed E-state index contributed by atoms with van der Waals surface area (Å²) < 4.78 is 4.46. The van der Waals surface area contributed by atoms with Crippen molar-refractivity contribution in [3.8, 4) is 0 Å². The summed E-state index contributed by atoms with van der Waals surface area (Å²) in [6, 6.07) is 0. The number of methoxy groups -OCH3 is 1. The predicted octanol–water partition coefficient (Wildman–Crippen LogP) is -0.0191. The number of carboxylic acids is 1. The average molecular weight is 238 g/mol. The van der Waals surface area contributed by atoms with Crippen molar-refractivity contribution >= 4 is 5.97 Å². The molecule has 0 saturated carbocycles. The number of ether oxygens (including phenoxy) is 1. The van der Waals surface area contributed by atoms with E-state index in [0.717, 1.165) is 0 Å². The second kappa shape index (κ2) is 19.5.